The van der Waals surface area contributed by atoms with Crippen LogP contribution in [0.5, 0.6) is 0 Å². The maximum Gasteiger partial charge on any atom is 0.237 e. The van der Waals surface area contributed by atoms with E-state index in [1.807, 2.05) is 44.2 Å². The van der Waals surface area contributed by atoms with Crippen molar-refractivity contribution < 1.29 is 4.79 Å². The molecular formula is C15H24N2O. The summed E-state index contributed by atoms with van der Waals surface area (Å²) in [7, 11) is 0. The van der Waals surface area contributed by atoms with Gasteiger partial charge in [0, 0.05) is 5.54 Å². The molecule has 18 heavy (non-hydrogen) atoms. The second kappa shape index (κ2) is 6.01. The Kier molecular flexibility index (Phi) is 4.91. The van der Waals surface area contributed by atoms with Crippen LogP contribution in [0.4, 0.5) is 0 Å². The van der Waals surface area contributed by atoms with E-state index in [1.54, 1.807) is 0 Å². The zero-order valence-corrected chi connectivity index (χ0v) is 11.7. The molecule has 0 spiro atoms. The molecule has 3 N–H and O–H groups in total. The average molecular weight is 248 g/mol. The third kappa shape index (κ3) is 4.15. The van der Waals surface area contributed by atoms with Gasteiger partial charge in [-0.1, -0.05) is 44.2 Å². The van der Waals surface area contributed by atoms with Crippen molar-refractivity contribution >= 4 is 5.91 Å². The van der Waals surface area contributed by atoms with Crippen molar-refractivity contribution in [2.75, 3.05) is 0 Å². The van der Waals surface area contributed by atoms with E-state index in [2.05, 4.69) is 19.2 Å². The number of amides is 1. The first-order chi connectivity index (χ1) is 8.33. The molecule has 1 rings (SSSR count). The number of hydrogen-bond donors (Lipinski definition) is 2. The van der Waals surface area contributed by atoms with Gasteiger partial charge in [-0.25, -0.2) is 0 Å². The van der Waals surface area contributed by atoms with Crippen molar-refractivity contribution in [3.05, 3.63) is 35.9 Å². The highest BCUT2D eigenvalue weighted by Crippen LogP contribution is 2.15. The molecule has 1 aromatic rings. The number of benzene rings is 1. The van der Waals surface area contributed by atoms with Crippen molar-refractivity contribution in [1.29, 1.82) is 0 Å². The summed E-state index contributed by atoms with van der Waals surface area (Å²) in [6, 6.07) is 9.35. The van der Waals surface area contributed by atoms with E-state index in [4.69, 9.17) is 5.73 Å². The summed E-state index contributed by atoms with van der Waals surface area (Å²) in [5, 5.41) is 3.01. The summed E-state index contributed by atoms with van der Waals surface area (Å²) in [5.74, 6) is 0.280. The fraction of sp³-hybridized carbons (Fsp3) is 0.533. The molecule has 0 radical (unpaired) electrons. The third-order valence-electron chi connectivity index (χ3n) is 3.52. The molecule has 0 fully saturated rings. The van der Waals surface area contributed by atoms with E-state index in [-0.39, 0.29) is 11.4 Å². The summed E-state index contributed by atoms with van der Waals surface area (Å²) in [4.78, 5) is 12.0. The maximum atomic E-state index is 12.0. The van der Waals surface area contributed by atoms with Crippen LogP contribution in [-0.4, -0.2) is 17.5 Å². The molecule has 1 atom stereocenters. The lowest BCUT2D eigenvalue weighted by Gasteiger charge is -2.31. The molecule has 0 heterocycles. The van der Waals surface area contributed by atoms with Gasteiger partial charge in [0.2, 0.25) is 5.91 Å². The Labute approximate surface area is 110 Å². The number of carbonyl (C=O) groups excluding carboxylic acids is 1. The van der Waals surface area contributed by atoms with Crippen LogP contribution < -0.4 is 11.1 Å². The Balaban J connectivity index is 2.57. The molecule has 0 aromatic heterocycles. The Morgan fingerprint density at radius 3 is 2.33 bits per heavy atom. The number of rotatable bonds is 5. The number of hydrogen-bond acceptors (Lipinski definition) is 2. The van der Waals surface area contributed by atoms with Crippen molar-refractivity contribution in [3.8, 4) is 0 Å². The fourth-order valence-electron chi connectivity index (χ4n) is 1.52. The lowest BCUT2D eigenvalue weighted by Crippen LogP contribution is -2.53. The van der Waals surface area contributed by atoms with E-state index in [0.717, 1.165) is 5.56 Å². The minimum Gasteiger partial charge on any atom is -0.350 e. The van der Waals surface area contributed by atoms with Gasteiger partial charge in [0.05, 0.1) is 6.04 Å². The summed E-state index contributed by atoms with van der Waals surface area (Å²) in [6.07, 6.45) is 0.570. The Morgan fingerprint density at radius 2 is 1.83 bits per heavy atom. The molecule has 0 aliphatic rings. The molecule has 0 aliphatic carbocycles. The zero-order chi connectivity index (χ0) is 13.8. The zero-order valence-electron chi connectivity index (χ0n) is 11.7. The first-order valence-electron chi connectivity index (χ1n) is 6.44. The predicted molar refractivity (Wildman–Crippen MR) is 75.2 cm³/mol. The van der Waals surface area contributed by atoms with Gasteiger partial charge in [-0.05, 0) is 31.7 Å². The molecule has 0 bridgehead atoms. The van der Waals surface area contributed by atoms with Gasteiger partial charge in [-0.2, -0.15) is 0 Å². The van der Waals surface area contributed by atoms with Crippen LogP contribution in [0.15, 0.2) is 30.3 Å². The quantitative estimate of drug-likeness (QED) is 0.838. The first kappa shape index (κ1) is 14.7. The van der Waals surface area contributed by atoms with Crippen LogP contribution in [0.3, 0.4) is 0 Å². The molecule has 3 nitrogen and oxygen atoms in total. The molecule has 1 amide bonds. The van der Waals surface area contributed by atoms with Gasteiger partial charge in [-0.3, -0.25) is 4.79 Å². The highest BCUT2D eigenvalue weighted by molar-refractivity contribution is 5.82. The van der Waals surface area contributed by atoms with Gasteiger partial charge < -0.3 is 11.1 Å². The summed E-state index contributed by atoms with van der Waals surface area (Å²) in [6.45, 7) is 8.21. The lowest BCUT2D eigenvalue weighted by atomic mass is 9.90. The van der Waals surface area contributed by atoms with E-state index in [1.165, 1.54) is 0 Å². The van der Waals surface area contributed by atoms with Gasteiger partial charge in [-0.15, -0.1) is 0 Å². The lowest BCUT2D eigenvalue weighted by molar-refractivity contribution is -0.124. The average Bonchev–Trinajstić information content (AvgIpc) is 2.29. The van der Waals surface area contributed by atoms with E-state index in [9.17, 15) is 4.79 Å². The first-order valence-corrected chi connectivity index (χ1v) is 6.44. The summed E-state index contributed by atoms with van der Waals surface area (Å²) in [5.41, 5.74) is 6.80. The number of carbonyl (C=O) groups is 1. The van der Waals surface area contributed by atoms with Crippen molar-refractivity contribution in [1.82, 2.24) is 5.32 Å². The van der Waals surface area contributed by atoms with Crippen LogP contribution in [0, 0.1) is 5.92 Å². The van der Waals surface area contributed by atoms with E-state index in [0.29, 0.717) is 12.3 Å². The SMILES string of the molecule is CC(C)C(C)(C)NC(=O)[C@@H](N)Cc1ccccc1. The van der Waals surface area contributed by atoms with Crippen LogP contribution in [0.2, 0.25) is 0 Å². The molecule has 1 aromatic carbocycles. The van der Waals surface area contributed by atoms with E-state index >= 15 is 0 Å². The monoisotopic (exact) mass is 248 g/mol. The normalized spacial score (nSPS) is 13.4. The van der Waals surface area contributed by atoms with Crippen LogP contribution >= 0.6 is 0 Å². The predicted octanol–water partition coefficient (Wildman–Crippen LogP) is 2.11. The number of nitrogens with one attached hydrogen (secondary N) is 1. The van der Waals surface area contributed by atoms with Crippen molar-refractivity contribution in [2.24, 2.45) is 11.7 Å². The van der Waals surface area contributed by atoms with Gasteiger partial charge in [0.25, 0.3) is 0 Å². The Hall–Kier alpha value is -1.35. The Bertz CT molecular complexity index is 385. The van der Waals surface area contributed by atoms with Gasteiger partial charge in [0.1, 0.15) is 0 Å². The minimum atomic E-state index is -0.495. The largest absolute Gasteiger partial charge is 0.350 e. The second-order valence-corrected chi connectivity index (χ2v) is 5.66. The molecular weight excluding hydrogens is 224 g/mol. The summed E-state index contributed by atoms with van der Waals surface area (Å²) < 4.78 is 0. The summed E-state index contributed by atoms with van der Waals surface area (Å²) >= 11 is 0. The van der Waals surface area contributed by atoms with E-state index < -0.39 is 6.04 Å². The molecule has 0 saturated carbocycles. The maximum absolute atomic E-state index is 12.0. The number of nitrogens with two attached hydrogens (primary N) is 1. The standard InChI is InChI=1S/C15H24N2O/c1-11(2)15(3,4)17-14(18)13(16)10-12-8-6-5-7-9-12/h5-9,11,13H,10,16H2,1-4H3,(H,17,18)/t13-/m0/s1. The molecule has 0 unspecified atom stereocenters. The Morgan fingerprint density at radius 1 is 1.28 bits per heavy atom. The van der Waals surface area contributed by atoms with Crippen molar-refractivity contribution in [2.45, 2.75) is 45.7 Å². The fourth-order valence-corrected chi connectivity index (χ4v) is 1.52. The third-order valence-corrected chi connectivity index (χ3v) is 3.52. The topological polar surface area (TPSA) is 55.1 Å². The second-order valence-electron chi connectivity index (χ2n) is 5.66. The van der Waals surface area contributed by atoms with Gasteiger partial charge >= 0.3 is 0 Å². The molecule has 3 heteroatoms. The highest BCUT2D eigenvalue weighted by atomic mass is 16.2. The van der Waals surface area contributed by atoms with Crippen molar-refractivity contribution in [3.63, 3.8) is 0 Å². The van der Waals surface area contributed by atoms with Crippen LogP contribution in [0.25, 0.3) is 0 Å². The molecule has 100 valence electrons. The molecule has 0 saturated heterocycles. The van der Waals surface area contributed by atoms with Crippen LogP contribution in [0.1, 0.15) is 33.3 Å². The van der Waals surface area contributed by atoms with Crippen LogP contribution in [-0.2, 0) is 11.2 Å². The molecule has 0 aliphatic heterocycles. The highest BCUT2D eigenvalue weighted by Gasteiger charge is 2.26. The smallest absolute Gasteiger partial charge is 0.237 e. The van der Waals surface area contributed by atoms with Gasteiger partial charge in [0.15, 0.2) is 0 Å². The minimum absolute atomic E-state index is 0.0856.